The van der Waals surface area contributed by atoms with Gasteiger partial charge in [-0.3, -0.25) is 9.88 Å². The van der Waals surface area contributed by atoms with Crippen molar-refractivity contribution >= 4 is 11.6 Å². The van der Waals surface area contributed by atoms with Crippen LogP contribution in [0.2, 0.25) is 5.02 Å². The molecule has 1 heterocycles. The molecule has 0 aliphatic carbocycles. The smallest absolute Gasteiger partial charge is 0.128 e. The Hall–Kier alpha value is -1.49. The predicted molar refractivity (Wildman–Crippen MR) is 83.8 cm³/mol. The summed E-state index contributed by atoms with van der Waals surface area (Å²) in [5, 5.41) is 0.517. The Morgan fingerprint density at radius 2 is 2.14 bits per heavy atom. The fourth-order valence-corrected chi connectivity index (χ4v) is 2.49. The van der Waals surface area contributed by atoms with E-state index < -0.39 is 0 Å². The minimum absolute atomic E-state index is 0.201. The number of nitrogens with zero attached hydrogens (tertiary/aromatic N) is 2. The Bertz CT molecular complexity index is 577. The van der Waals surface area contributed by atoms with E-state index in [2.05, 4.69) is 4.98 Å². The van der Waals surface area contributed by atoms with E-state index in [0.717, 1.165) is 18.7 Å². The maximum atomic E-state index is 14.0. The lowest BCUT2D eigenvalue weighted by molar-refractivity contribution is 0.247. The molecule has 1 aromatic carbocycles. The monoisotopic (exact) mass is 307 g/mol. The average Bonchev–Trinajstić information content (AvgIpc) is 2.50. The molecule has 1 aromatic heterocycles. The molecule has 2 N–H and O–H groups in total. The van der Waals surface area contributed by atoms with Crippen molar-refractivity contribution in [2.24, 2.45) is 5.73 Å². The topological polar surface area (TPSA) is 42.2 Å². The molecular formula is C16H19ClFN3. The molecule has 2 aromatic rings. The first-order valence-corrected chi connectivity index (χ1v) is 7.24. The number of hydrogen-bond acceptors (Lipinski definition) is 3. The van der Waals surface area contributed by atoms with Gasteiger partial charge in [0.1, 0.15) is 5.82 Å². The maximum Gasteiger partial charge on any atom is 0.128 e. The van der Waals surface area contributed by atoms with Crippen LogP contribution in [0.15, 0.2) is 42.6 Å². The van der Waals surface area contributed by atoms with Crippen LogP contribution in [0.25, 0.3) is 0 Å². The van der Waals surface area contributed by atoms with Crippen LogP contribution < -0.4 is 5.73 Å². The Balaban J connectivity index is 2.08. The standard InChI is InChI=1S/C16H19ClFN3/c1-21(9-7-13-4-2-3-8-20-13)16(11-19)14-10-12(17)5-6-15(14)18/h2-6,8,10,16H,7,9,11,19H2,1H3. The highest BCUT2D eigenvalue weighted by Crippen LogP contribution is 2.24. The Morgan fingerprint density at radius 3 is 2.81 bits per heavy atom. The van der Waals surface area contributed by atoms with Gasteiger partial charge in [-0.25, -0.2) is 4.39 Å². The fourth-order valence-electron chi connectivity index (χ4n) is 2.31. The van der Waals surface area contributed by atoms with Gasteiger partial charge in [0, 0.05) is 48.0 Å². The number of halogens is 2. The summed E-state index contributed by atoms with van der Waals surface area (Å²) in [6.07, 6.45) is 2.56. The molecule has 112 valence electrons. The molecule has 0 spiro atoms. The van der Waals surface area contributed by atoms with Crippen LogP contribution in [0.3, 0.4) is 0 Å². The van der Waals surface area contributed by atoms with Gasteiger partial charge in [0.2, 0.25) is 0 Å². The van der Waals surface area contributed by atoms with Crippen LogP contribution in [-0.2, 0) is 6.42 Å². The average molecular weight is 308 g/mol. The summed E-state index contributed by atoms with van der Waals surface area (Å²) >= 11 is 5.96. The van der Waals surface area contributed by atoms with Gasteiger partial charge in [0.05, 0.1) is 0 Å². The number of likely N-dealkylation sites (N-methyl/N-ethyl adjacent to an activating group) is 1. The molecular weight excluding hydrogens is 289 g/mol. The van der Waals surface area contributed by atoms with Gasteiger partial charge in [0.15, 0.2) is 0 Å². The first kappa shape index (κ1) is 15.9. The van der Waals surface area contributed by atoms with E-state index in [1.807, 2.05) is 30.1 Å². The first-order valence-electron chi connectivity index (χ1n) is 6.87. The summed E-state index contributed by atoms with van der Waals surface area (Å²) in [4.78, 5) is 6.32. The molecule has 0 bridgehead atoms. The van der Waals surface area contributed by atoms with Crippen LogP contribution in [-0.4, -0.2) is 30.0 Å². The van der Waals surface area contributed by atoms with E-state index in [0.29, 0.717) is 17.1 Å². The van der Waals surface area contributed by atoms with Crippen LogP contribution >= 0.6 is 11.6 Å². The van der Waals surface area contributed by atoms with Crippen LogP contribution in [0.1, 0.15) is 17.3 Å². The molecule has 0 saturated heterocycles. The number of nitrogens with two attached hydrogens (primary N) is 1. The van der Waals surface area contributed by atoms with Crippen molar-refractivity contribution in [1.82, 2.24) is 9.88 Å². The number of pyridine rings is 1. The molecule has 21 heavy (non-hydrogen) atoms. The van der Waals surface area contributed by atoms with Crippen LogP contribution in [0, 0.1) is 5.82 Å². The molecule has 0 fully saturated rings. The minimum Gasteiger partial charge on any atom is -0.329 e. The van der Waals surface area contributed by atoms with Crippen molar-refractivity contribution in [2.45, 2.75) is 12.5 Å². The summed E-state index contributed by atoms with van der Waals surface area (Å²) in [6, 6.07) is 10.2. The predicted octanol–water partition coefficient (Wildman–Crippen LogP) is 3.05. The quantitative estimate of drug-likeness (QED) is 0.892. The number of aromatic nitrogens is 1. The lowest BCUT2D eigenvalue weighted by atomic mass is 10.0. The Morgan fingerprint density at radius 1 is 1.33 bits per heavy atom. The third-order valence-electron chi connectivity index (χ3n) is 3.52. The third-order valence-corrected chi connectivity index (χ3v) is 3.75. The largest absolute Gasteiger partial charge is 0.329 e. The van der Waals surface area contributed by atoms with Crippen molar-refractivity contribution in [1.29, 1.82) is 0 Å². The maximum absolute atomic E-state index is 14.0. The second-order valence-corrected chi connectivity index (χ2v) is 5.41. The van der Waals surface area contributed by atoms with E-state index in [9.17, 15) is 4.39 Å². The first-order chi connectivity index (χ1) is 10.1. The normalized spacial score (nSPS) is 12.6. The van der Waals surface area contributed by atoms with Gasteiger partial charge in [-0.2, -0.15) is 0 Å². The number of rotatable bonds is 6. The SMILES string of the molecule is CN(CCc1ccccn1)C(CN)c1cc(Cl)ccc1F. The molecule has 0 amide bonds. The number of benzene rings is 1. The zero-order chi connectivity index (χ0) is 15.2. The van der Waals surface area contributed by atoms with Gasteiger partial charge < -0.3 is 5.73 Å². The molecule has 0 radical (unpaired) electrons. The van der Waals surface area contributed by atoms with Gasteiger partial charge in [0.25, 0.3) is 0 Å². The van der Waals surface area contributed by atoms with E-state index in [1.165, 1.54) is 6.07 Å². The summed E-state index contributed by atoms with van der Waals surface area (Å²) in [6.45, 7) is 1.07. The van der Waals surface area contributed by atoms with Gasteiger partial charge >= 0.3 is 0 Å². The second-order valence-electron chi connectivity index (χ2n) is 4.97. The minimum atomic E-state index is -0.278. The summed E-state index contributed by atoms with van der Waals surface area (Å²) in [5.41, 5.74) is 7.37. The van der Waals surface area contributed by atoms with Gasteiger partial charge in [-0.15, -0.1) is 0 Å². The second kappa shape index (κ2) is 7.50. The summed E-state index contributed by atoms with van der Waals surface area (Å²) < 4.78 is 14.0. The Labute approximate surface area is 129 Å². The molecule has 1 atom stereocenters. The van der Waals surface area contributed by atoms with Gasteiger partial charge in [-0.05, 0) is 37.4 Å². The molecule has 3 nitrogen and oxygen atoms in total. The van der Waals surface area contributed by atoms with Crippen molar-refractivity contribution in [3.63, 3.8) is 0 Å². The summed E-state index contributed by atoms with van der Waals surface area (Å²) in [5.74, 6) is -0.278. The highest BCUT2D eigenvalue weighted by atomic mass is 35.5. The van der Waals surface area contributed by atoms with E-state index in [-0.39, 0.29) is 11.9 Å². The highest BCUT2D eigenvalue weighted by molar-refractivity contribution is 6.30. The fraction of sp³-hybridized carbons (Fsp3) is 0.312. The molecule has 0 saturated carbocycles. The van der Waals surface area contributed by atoms with Crippen molar-refractivity contribution in [3.05, 3.63) is 64.7 Å². The van der Waals surface area contributed by atoms with E-state index in [4.69, 9.17) is 17.3 Å². The van der Waals surface area contributed by atoms with Crippen molar-refractivity contribution in [3.8, 4) is 0 Å². The lowest BCUT2D eigenvalue weighted by Crippen LogP contribution is -2.32. The zero-order valence-electron chi connectivity index (χ0n) is 12.0. The molecule has 0 aliphatic rings. The zero-order valence-corrected chi connectivity index (χ0v) is 12.7. The summed E-state index contributed by atoms with van der Waals surface area (Å²) in [7, 11) is 1.93. The molecule has 1 unspecified atom stereocenters. The molecule has 2 rings (SSSR count). The lowest BCUT2D eigenvalue weighted by Gasteiger charge is -2.27. The van der Waals surface area contributed by atoms with E-state index >= 15 is 0 Å². The van der Waals surface area contributed by atoms with Gasteiger partial charge in [-0.1, -0.05) is 17.7 Å². The van der Waals surface area contributed by atoms with E-state index in [1.54, 1.807) is 18.3 Å². The molecule has 0 aliphatic heterocycles. The van der Waals surface area contributed by atoms with Crippen molar-refractivity contribution < 1.29 is 4.39 Å². The van der Waals surface area contributed by atoms with Crippen molar-refractivity contribution in [2.75, 3.05) is 20.1 Å². The number of hydrogen-bond donors (Lipinski definition) is 1. The van der Waals surface area contributed by atoms with Crippen LogP contribution in [0.5, 0.6) is 0 Å². The molecule has 5 heteroatoms. The Kier molecular flexibility index (Phi) is 5.67. The highest BCUT2D eigenvalue weighted by Gasteiger charge is 2.19. The van der Waals surface area contributed by atoms with Crippen LogP contribution in [0.4, 0.5) is 4.39 Å². The third kappa shape index (κ3) is 4.24.